The van der Waals surface area contributed by atoms with Crippen LogP contribution in [0.2, 0.25) is 0 Å². The summed E-state index contributed by atoms with van der Waals surface area (Å²) in [6, 6.07) is 17.6. The minimum atomic E-state index is -0.632. The van der Waals surface area contributed by atoms with Gasteiger partial charge in [0.15, 0.2) is 6.29 Å². The van der Waals surface area contributed by atoms with Crippen molar-refractivity contribution < 1.29 is 33.6 Å². The maximum atomic E-state index is 11.5. The topological polar surface area (TPSA) is 83.5 Å². The van der Waals surface area contributed by atoms with E-state index in [1.165, 1.54) is 6.08 Å². The quantitative estimate of drug-likeness (QED) is 0.250. The summed E-state index contributed by atoms with van der Waals surface area (Å²) in [5.41, 5.74) is 2.02. The molecule has 1 N–H and O–H groups in total. The van der Waals surface area contributed by atoms with Crippen LogP contribution in [0.5, 0.6) is 5.75 Å². The highest BCUT2D eigenvalue weighted by molar-refractivity contribution is 5.81. The largest absolute Gasteiger partial charge is 0.497 e. The Bertz CT molecular complexity index is 897. The van der Waals surface area contributed by atoms with E-state index in [4.69, 9.17) is 23.7 Å². The number of carbonyl (C=O) groups excluding carboxylic acids is 1. The van der Waals surface area contributed by atoms with Crippen LogP contribution < -0.4 is 4.74 Å². The summed E-state index contributed by atoms with van der Waals surface area (Å²) in [4.78, 5) is 11.5. The second-order valence-corrected chi connectivity index (χ2v) is 8.46. The van der Waals surface area contributed by atoms with Gasteiger partial charge in [0.1, 0.15) is 5.75 Å². The van der Waals surface area contributed by atoms with Gasteiger partial charge in [0, 0.05) is 31.1 Å². The number of benzene rings is 2. The van der Waals surface area contributed by atoms with Crippen molar-refractivity contribution in [3.63, 3.8) is 0 Å². The molecule has 0 aromatic heterocycles. The molecular formula is C28H36O7. The summed E-state index contributed by atoms with van der Waals surface area (Å²) >= 11 is 0. The van der Waals surface area contributed by atoms with Crippen molar-refractivity contribution in [3.8, 4) is 5.75 Å². The van der Waals surface area contributed by atoms with E-state index < -0.39 is 18.4 Å². The van der Waals surface area contributed by atoms with Crippen molar-refractivity contribution in [2.75, 3.05) is 20.3 Å². The minimum Gasteiger partial charge on any atom is -0.497 e. The fourth-order valence-electron chi connectivity index (χ4n) is 3.93. The van der Waals surface area contributed by atoms with E-state index >= 15 is 0 Å². The van der Waals surface area contributed by atoms with Crippen LogP contribution in [0.1, 0.15) is 50.0 Å². The number of carbonyl (C=O) groups is 1. The number of methoxy groups -OCH3 is 1. The lowest BCUT2D eigenvalue weighted by Crippen LogP contribution is -2.36. The van der Waals surface area contributed by atoms with Gasteiger partial charge in [0.25, 0.3) is 0 Å². The van der Waals surface area contributed by atoms with E-state index in [9.17, 15) is 9.90 Å². The lowest BCUT2D eigenvalue weighted by molar-refractivity contribution is -0.254. The summed E-state index contributed by atoms with van der Waals surface area (Å²) in [5.74, 6) is 0.418. The molecule has 0 saturated carbocycles. The van der Waals surface area contributed by atoms with Gasteiger partial charge in [-0.2, -0.15) is 0 Å². The highest BCUT2D eigenvalue weighted by Crippen LogP contribution is 2.33. The molecule has 2 aromatic rings. The third-order valence-corrected chi connectivity index (χ3v) is 5.73. The fraction of sp³-hybridized carbons (Fsp3) is 0.464. The van der Waals surface area contributed by atoms with Gasteiger partial charge < -0.3 is 28.8 Å². The van der Waals surface area contributed by atoms with E-state index in [1.807, 2.05) is 54.6 Å². The number of hydrogen-bond donors (Lipinski definition) is 1. The van der Waals surface area contributed by atoms with Crippen LogP contribution in [0.25, 0.3) is 0 Å². The van der Waals surface area contributed by atoms with Crippen molar-refractivity contribution in [2.45, 2.75) is 63.8 Å². The van der Waals surface area contributed by atoms with Crippen LogP contribution in [-0.2, 0) is 30.3 Å². The Kier molecular flexibility index (Phi) is 11.2. The molecule has 0 spiro atoms. The molecule has 7 heteroatoms. The Labute approximate surface area is 207 Å². The maximum Gasteiger partial charge on any atom is 0.330 e. The monoisotopic (exact) mass is 484 g/mol. The Balaban J connectivity index is 1.51. The van der Waals surface area contributed by atoms with Crippen LogP contribution in [0.3, 0.4) is 0 Å². The van der Waals surface area contributed by atoms with E-state index in [0.717, 1.165) is 23.3 Å². The number of esters is 1. The first-order chi connectivity index (χ1) is 17.1. The molecule has 0 aliphatic carbocycles. The molecule has 0 radical (unpaired) electrons. The first-order valence-electron chi connectivity index (χ1n) is 12.1. The highest BCUT2D eigenvalue weighted by atomic mass is 16.7. The molecule has 1 saturated heterocycles. The standard InChI is InChI=1S/C28H36O7/c1-3-33-27(30)11-7-10-23(29)18-26-19-25(34-28(35-26)22-8-5-4-6-9-22)16-17-32-20-21-12-14-24(31-2)15-13-21/h4-9,11-15,23,25-26,28-29H,3,10,16-20H2,1-2H3/b11-7+/t23-,25-,26+,28-/m0/s1. The van der Waals surface area contributed by atoms with Crippen molar-refractivity contribution >= 4 is 5.97 Å². The van der Waals surface area contributed by atoms with E-state index in [2.05, 4.69) is 0 Å². The van der Waals surface area contributed by atoms with Crippen molar-refractivity contribution in [2.24, 2.45) is 0 Å². The zero-order valence-electron chi connectivity index (χ0n) is 20.5. The smallest absolute Gasteiger partial charge is 0.330 e. The molecule has 35 heavy (non-hydrogen) atoms. The van der Waals surface area contributed by atoms with Gasteiger partial charge in [-0.1, -0.05) is 48.5 Å². The summed E-state index contributed by atoms with van der Waals surface area (Å²) in [6.45, 7) is 3.15. The van der Waals surface area contributed by atoms with Gasteiger partial charge in [-0.25, -0.2) is 4.79 Å². The number of aliphatic hydroxyl groups is 1. The summed E-state index contributed by atoms with van der Waals surface area (Å²) in [6.07, 6.45) is 3.81. The number of rotatable bonds is 13. The lowest BCUT2D eigenvalue weighted by Gasteiger charge is -2.36. The van der Waals surface area contributed by atoms with Crippen molar-refractivity contribution in [1.29, 1.82) is 0 Å². The number of aliphatic hydroxyl groups excluding tert-OH is 1. The Morgan fingerprint density at radius 1 is 1.11 bits per heavy atom. The third-order valence-electron chi connectivity index (χ3n) is 5.73. The number of hydrogen-bond acceptors (Lipinski definition) is 7. The van der Waals surface area contributed by atoms with Crippen molar-refractivity contribution in [3.05, 3.63) is 77.9 Å². The molecule has 4 atom stereocenters. The minimum absolute atomic E-state index is 0.0582. The SMILES string of the molecule is CCOC(=O)/C=C/C[C@H](O)C[C@@H]1C[C@H](CCOCc2ccc(OC)cc2)O[C@H](c2ccccc2)O1. The molecule has 2 aromatic carbocycles. The fourth-order valence-corrected chi connectivity index (χ4v) is 3.93. The van der Waals surface area contributed by atoms with Gasteiger partial charge in [-0.15, -0.1) is 0 Å². The second kappa shape index (κ2) is 14.6. The lowest BCUT2D eigenvalue weighted by atomic mass is 10.00. The first-order valence-corrected chi connectivity index (χ1v) is 12.1. The van der Waals surface area contributed by atoms with Gasteiger partial charge in [0.05, 0.1) is 38.6 Å². The summed E-state index contributed by atoms with van der Waals surface area (Å²) in [7, 11) is 1.65. The summed E-state index contributed by atoms with van der Waals surface area (Å²) < 4.78 is 28.4. The van der Waals surface area contributed by atoms with Crippen LogP contribution in [0.15, 0.2) is 66.7 Å². The van der Waals surface area contributed by atoms with Crippen molar-refractivity contribution in [1.82, 2.24) is 0 Å². The highest BCUT2D eigenvalue weighted by Gasteiger charge is 2.32. The Morgan fingerprint density at radius 3 is 2.57 bits per heavy atom. The average molecular weight is 485 g/mol. The first kappa shape index (κ1) is 26.9. The molecule has 1 fully saturated rings. The average Bonchev–Trinajstić information content (AvgIpc) is 2.87. The predicted molar refractivity (Wildman–Crippen MR) is 132 cm³/mol. The predicted octanol–water partition coefficient (Wildman–Crippen LogP) is 4.74. The van der Waals surface area contributed by atoms with Crippen LogP contribution in [0, 0.1) is 0 Å². The molecule has 3 rings (SSSR count). The van der Waals surface area contributed by atoms with Crippen LogP contribution in [0.4, 0.5) is 0 Å². The molecule has 190 valence electrons. The van der Waals surface area contributed by atoms with E-state index in [0.29, 0.717) is 39.1 Å². The summed E-state index contributed by atoms with van der Waals surface area (Å²) in [5, 5.41) is 10.5. The Hall–Kier alpha value is -2.71. The van der Waals surface area contributed by atoms with E-state index in [1.54, 1.807) is 20.1 Å². The van der Waals surface area contributed by atoms with Gasteiger partial charge >= 0.3 is 5.97 Å². The van der Waals surface area contributed by atoms with Gasteiger partial charge in [-0.05, 0) is 37.5 Å². The van der Waals surface area contributed by atoms with Crippen LogP contribution in [-0.4, -0.2) is 49.7 Å². The third kappa shape index (κ3) is 9.45. The maximum absolute atomic E-state index is 11.5. The normalized spacial score (nSPS) is 21.1. The Morgan fingerprint density at radius 2 is 1.86 bits per heavy atom. The molecule has 1 aliphatic rings. The van der Waals surface area contributed by atoms with E-state index in [-0.39, 0.29) is 12.2 Å². The second-order valence-electron chi connectivity index (χ2n) is 8.46. The van der Waals surface area contributed by atoms with Gasteiger partial charge in [-0.3, -0.25) is 0 Å². The molecule has 1 heterocycles. The molecule has 1 aliphatic heterocycles. The number of ether oxygens (including phenoxy) is 5. The van der Waals surface area contributed by atoms with Gasteiger partial charge in [0.2, 0.25) is 0 Å². The zero-order valence-corrected chi connectivity index (χ0v) is 20.5. The molecular weight excluding hydrogens is 448 g/mol. The zero-order chi connectivity index (χ0) is 24.9. The molecule has 0 amide bonds. The van der Waals surface area contributed by atoms with Crippen LogP contribution >= 0.6 is 0 Å². The molecule has 7 nitrogen and oxygen atoms in total. The molecule has 0 bridgehead atoms. The molecule has 0 unspecified atom stereocenters.